The SMILES string of the molecule is CCOC(N)OP(=O)(OCCO)OCCO. The van der Waals surface area contributed by atoms with Gasteiger partial charge in [-0.2, -0.15) is 0 Å². The standard InChI is InChI=1S/C7H18NO7P/c1-2-12-7(8)15-16(11,13-5-3-9)14-6-4-10/h7,9-10H,2-6,8H2,1H3. The van der Waals surface area contributed by atoms with E-state index in [1.54, 1.807) is 6.92 Å². The molecule has 0 aliphatic carbocycles. The van der Waals surface area contributed by atoms with Crippen LogP contribution in [-0.4, -0.2) is 49.7 Å². The molecule has 9 heteroatoms. The minimum absolute atomic E-state index is 0.235. The number of aliphatic hydroxyl groups excluding tert-OH is 2. The molecular weight excluding hydrogens is 241 g/mol. The molecule has 0 fully saturated rings. The molecule has 0 aromatic heterocycles. The van der Waals surface area contributed by atoms with E-state index in [4.69, 9.17) is 25.2 Å². The van der Waals surface area contributed by atoms with Crippen molar-refractivity contribution in [3.63, 3.8) is 0 Å². The first-order valence-electron chi connectivity index (χ1n) is 4.74. The lowest BCUT2D eigenvalue weighted by Crippen LogP contribution is -2.27. The molecule has 98 valence electrons. The van der Waals surface area contributed by atoms with Crippen LogP contribution in [0.5, 0.6) is 0 Å². The highest BCUT2D eigenvalue weighted by molar-refractivity contribution is 7.48. The Balaban J connectivity index is 4.22. The summed E-state index contributed by atoms with van der Waals surface area (Å²) < 4.78 is 30.7. The van der Waals surface area contributed by atoms with Gasteiger partial charge in [-0.05, 0) is 6.92 Å². The number of phosphoric acid groups is 1. The fourth-order valence-electron chi connectivity index (χ4n) is 0.725. The third kappa shape index (κ3) is 7.26. The Morgan fingerprint density at radius 1 is 1.25 bits per heavy atom. The van der Waals surface area contributed by atoms with E-state index in [1.165, 1.54) is 0 Å². The quantitative estimate of drug-likeness (QED) is 0.351. The van der Waals surface area contributed by atoms with Gasteiger partial charge in [0.1, 0.15) is 0 Å². The van der Waals surface area contributed by atoms with Crippen LogP contribution < -0.4 is 5.73 Å². The van der Waals surface area contributed by atoms with E-state index < -0.39 is 14.2 Å². The Hall–Kier alpha value is -0.0500. The van der Waals surface area contributed by atoms with Gasteiger partial charge in [0.15, 0.2) is 0 Å². The Bertz CT molecular complexity index is 203. The number of hydrogen-bond acceptors (Lipinski definition) is 8. The Morgan fingerprint density at radius 3 is 2.12 bits per heavy atom. The second-order valence-corrected chi connectivity index (χ2v) is 4.11. The molecule has 0 aliphatic heterocycles. The van der Waals surface area contributed by atoms with Crippen molar-refractivity contribution in [1.29, 1.82) is 0 Å². The molecule has 0 aliphatic rings. The summed E-state index contributed by atoms with van der Waals surface area (Å²) in [4.78, 5) is 0. The fraction of sp³-hybridized carbons (Fsp3) is 1.00. The molecule has 0 spiro atoms. The number of phosphoric ester groups is 1. The highest BCUT2D eigenvalue weighted by Gasteiger charge is 2.29. The number of ether oxygens (including phenoxy) is 1. The topological polar surface area (TPSA) is 120 Å². The van der Waals surface area contributed by atoms with Crippen molar-refractivity contribution in [3.05, 3.63) is 0 Å². The van der Waals surface area contributed by atoms with Crippen LogP contribution >= 0.6 is 7.82 Å². The highest BCUT2D eigenvalue weighted by atomic mass is 31.2. The van der Waals surface area contributed by atoms with E-state index in [0.717, 1.165) is 0 Å². The summed E-state index contributed by atoms with van der Waals surface area (Å²) in [6.07, 6.45) is -1.26. The summed E-state index contributed by atoms with van der Waals surface area (Å²) in [6.45, 7) is 0.779. The molecule has 1 atom stereocenters. The van der Waals surface area contributed by atoms with Crippen LogP contribution in [0.15, 0.2) is 0 Å². The summed E-state index contributed by atoms with van der Waals surface area (Å²) in [6, 6.07) is 0. The van der Waals surface area contributed by atoms with Crippen molar-refractivity contribution < 1.29 is 33.1 Å². The zero-order valence-electron chi connectivity index (χ0n) is 9.07. The van der Waals surface area contributed by atoms with Crippen LogP contribution in [0.2, 0.25) is 0 Å². The van der Waals surface area contributed by atoms with Gasteiger partial charge in [-0.1, -0.05) is 0 Å². The van der Waals surface area contributed by atoms with Crippen molar-refractivity contribution in [2.45, 2.75) is 13.3 Å². The third-order valence-electron chi connectivity index (χ3n) is 1.25. The molecule has 0 aromatic rings. The van der Waals surface area contributed by atoms with Gasteiger partial charge in [-0.15, -0.1) is 0 Å². The Labute approximate surface area is 93.9 Å². The van der Waals surface area contributed by atoms with E-state index >= 15 is 0 Å². The van der Waals surface area contributed by atoms with E-state index in [9.17, 15) is 4.57 Å². The lowest BCUT2D eigenvalue weighted by molar-refractivity contribution is -0.0918. The zero-order valence-corrected chi connectivity index (χ0v) is 9.97. The van der Waals surface area contributed by atoms with Gasteiger partial charge < -0.3 is 14.9 Å². The molecule has 8 nitrogen and oxygen atoms in total. The van der Waals surface area contributed by atoms with Crippen molar-refractivity contribution in [3.8, 4) is 0 Å². The highest BCUT2D eigenvalue weighted by Crippen LogP contribution is 2.49. The molecule has 0 rings (SSSR count). The molecule has 0 radical (unpaired) electrons. The molecule has 4 N–H and O–H groups in total. The lowest BCUT2D eigenvalue weighted by atomic mass is 10.8. The molecule has 16 heavy (non-hydrogen) atoms. The first kappa shape index (κ1) is 16.0. The molecule has 0 saturated carbocycles. The average Bonchev–Trinajstić information content (AvgIpc) is 2.24. The first-order valence-corrected chi connectivity index (χ1v) is 6.20. The Kier molecular flexibility index (Phi) is 9.00. The maximum atomic E-state index is 11.8. The molecule has 0 heterocycles. The van der Waals surface area contributed by atoms with Crippen LogP contribution in [0.3, 0.4) is 0 Å². The van der Waals surface area contributed by atoms with E-state index in [2.05, 4.69) is 9.05 Å². The second kappa shape index (κ2) is 9.03. The van der Waals surface area contributed by atoms with Gasteiger partial charge in [-0.25, -0.2) is 9.09 Å². The van der Waals surface area contributed by atoms with Crippen LogP contribution in [0, 0.1) is 0 Å². The lowest BCUT2D eigenvalue weighted by Gasteiger charge is -2.20. The fourth-order valence-corrected chi connectivity index (χ4v) is 1.85. The maximum Gasteiger partial charge on any atom is 0.478 e. The van der Waals surface area contributed by atoms with Crippen molar-refractivity contribution >= 4 is 7.82 Å². The van der Waals surface area contributed by atoms with Crippen LogP contribution in [0.4, 0.5) is 0 Å². The molecule has 0 amide bonds. The van der Waals surface area contributed by atoms with Crippen LogP contribution in [0.1, 0.15) is 6.92 Å². The largest absolute Gasteiger partial charge is 0.478 e. The summed E-state index contributed by atoms with van der Waals surface area (Å²) in [7, 11) is -3.91. The smallest absolute Gasteiger partial charge is 0.394 e. The van der Waals surface area contributed by atoms with Crippen molar-refractivity contribution in [1.82, 2.24) is 0 Å². The molecule has 0 bridgehead atoms. The number of hydrogen-bond donors (Lipinski definition) is 3. The zero-order chi connectivity index (χ0) is 12.4. The molecule has 0 saturated heterocycles. The van der Waals surface area contributed by atoms with Crippen LogP contribution in [0.25, 0.3) is 0 Å². The van der Waals surface area contributed by atoms with E-state index in [-0.39, 0.29) is 33.0 Å². The summed E-state index contributed by atoms with van der Waals surface area (Å²) in [5.74, 6) is 0. The van der Waals surface area contributed by atoms with Crippen molar-refractivity contribution in [2.24, 2.45) is 5.73 Å². The minimum Gasteiger partial charge on any atom is -0.394 e. The molecule has 1 unspecified atom stereocenters. The number of aliphatic hydroxyl groups is 2. The van der Waals surface area contributed by atoms with Gasteiger partial charge >= 0.3 is 7.82 Å². The van der Waals surface area contributed by atoms with E-state index in [0.29, 0.717) is 0 Å². The van der Waals surface area contributed by atoms with Gasteiger partial charge in [0.05, 0.1) is 26.4 Å². The van der Waals surface area contributed by atoms with Crippen LogP contribution in [-0.2, 0) is 22.9 Å². The number of nitrogens with two attached hydrogens (primary N) is 1. The van der Waals surface area contributed by atoms with Crippen molar-refractivity contribution in [2.75, 3.05) is 33.0 Å². The van der Waals surface area contributed by atoms with Gasteiger partial charge in [0.25, 0.3) is 0 Å². The monoisotopic (exact) mass is 259 g/mol. The molecule has 0 aromatic carbocycles. The summed E-state index contributed by atoms with van der Waals surface area (Å²) in [5, 5.41) is 17.0. The molecular formula is C7H18NO7P. The first-order chi connectivity index (χ1) is 7.58. The minimum atomic E-state index is -3.91. The van der Waals surface area contributed by atoms with Gasteiger partial charge in [-0.3, -0.25) is 14.8 Å². The maximum absolute atomic E-state index is 11.8. The van der Waals surface area contributed by atoms with Gasteiger partial charge in [0, 0.05) is 6.61 Å². The summed E-state index contributed by atoms with van der Waals surface area (Å²) >= 11 is 0. The average molecular weight is 259 g/mol. The Morgan fingerprint density at radius 2 is 1.75 bits per heavy atom. The summed E-state index contributed by atoms with van der Waals surface area (Å²) in [5.41, 5.74) is 5.31. The predicted octanol–water partition coefficient (Wildman–Crippen LogP) is -0.592. The van der Waals surface area contributed by atoms with Gasteiger partial charge in [0.2, 0.25) is 6.41 Å². The predicted molar refractivity (Wildman–Crippen MR) is 54.4 cm³/mol. The third-order valence-corrected chi connectivity index (χ3v) is 2.71. The number of rotatable bonds is 10. The second-order valence-electron chi connectivity index (χ2n) is 2.49. The normalized spacial score (nSPS) is 14.0. The van der Waals surface area contributed by atoms with E-state index in [1.807, 2.05) is 0 Å².